The summed E-state index contributed by atoms with van der Waals surface area (Å²) in [6.45, 7) is 0. The molecule has 0 radical (unpaired) electrons. The smallest absolute Gasteiger partial charge is 0.127 e. The first-order chi connectivity index (χ1) is 9.52. The van der Waals surface area contributed by atoms with E-state index in [1.807, 2.05) is 0 Å². The number of aliphatic hydroxyl groups is 1. The quantitative estimate of drug-likeness (QED) is 0.827. The van der Waals surface area contributed by atoms with E-state index in [2.05, 4.69) is 0 Å². The molecule has 2 aromatic carbocycles. The van der Waals surface area contributed by atoms with Crippen molar-refractivity contribution in [1.82, 2.24) is 0 Å². The van der Waals surface area contributed by atoms with Crippen LogP contribution in [-0.2, 0) is 0 Å². The summed E-state index contributed by atoms with van der Waals surface area (Å²) in [4.78, 5) is 0. The van der Waals surface area contributed by atoms with E-state index < -0.39 is 18.0 Å². The highest BCUT2D eigenvalue weighted by Gasteiger charge is 2.28. The molecule has 104 valence electrons. The van der Waals surface area contributed by atoms with E-state index in [9.17, 15) is 9.50 Å². The van der Waals surface area contributed by atoms with Gasteiger partial charge in [0.1, 0.15) is 17.7 Å². The van der Waals surface area contributed by atoms with Gasteiger partial charge in [0.05, 0.1) is 6.10 Å². The number of benzene rings is 2. The topological polar surface area (TPSA) is 29.5 Å². The van der Waals surface area contributed by atoms with E-state index in [0.717, 1.165) is 0 Å². The fourth-order valence-electron chi connectivity index (χ4n) is 2.38. The van der Waals surface area contributed by atoms with Crippen molar-refractivity contribution in [3.63, 3.8) is 0 Å². The van der Waals surface area contributed by atoms with Crippen LogP contribution in [0, 0.1) is 5.82 Å². The van der Waals surface area contributed by atoms with Crippen LogP contribution in [0.4, 0.5) is 4.39 Å². The lowest BCUT2D eigenvalue weighted by Gasteiger charge is -2.30. The maximum Gasteiger partial charge on any atom is 0.127 e. The van der Waals surface area contributed by atoms with Crippen LogP contribution in [0.1, 0.15) is 29.8 Å². The molecule has 2 atom stereocenters. The van der Waals surface area contributed by atoms with Gasteiger partial charge < -0.3 is 9.84 Å². The largest absolute Gasteiger partial charge is 0.485 e. The van der Waals surface area contributed by atoms with Crippen LogP contribution in [0.3, 0.4) is 0 Å². The Morgan fingerprint density at radius 1 is 1.10 bits per heavy atom. The minimum absolute atomic E-state index is 0.306. The van der Waals surface area contributed by atoms with Gasteiger partial charge in [-0.25, -0.2) is 4.39 Å². The molecule has 0 aliphatic carbocycles. The molecule has 1 N–H and O–H groups in total. The SMILES string of the molecule is O[C@@H]1CC(c2cc(F)cc(Cl)c2)Oc2ccc(Cl)cc21. The number of rotatable bonds is 1. The Hall–Kier alpha value is -1.29. The summed E-state index contributed by atoms with van der Waals surface area (Å²) in [5.74, 6) is 0.131. The molecule has 5 heteroatoms. The monoisotopic (exact) mass is 312 g/mol. The maximum absolute atomic E-state index is 13.4. The molecule has 0 bridgehead atoms. The van der Waals surface area contributed by atoms with Crippen molar-refractivity contribution in [2.24, 2.45) is 0 Å². The first-order valence-electron chi connectivity index (χ1n) is 6.13. The fraction of sp³-hybridized carbons (Fsp3) is 0.200. The maximum atomic E-state index is 13.4. The van der Waals surface area contributed by atoms with E-state index >= 15 is 0 Å². The van der Waals surface area contributed by atoms with E-state index in [4.69, 9.17) is 27.9 Å². The summed E-state index contributed by atoms with van der Waals surface area (Å²) in [5.41, 5.74) is 1.26. The number of ether oxygens (including phenoxy) is 1. The van der Waals surface area contributed by atoms with Gasteiger partial charge in [-0.15, -0.1) is 0 Å². The van der Waals surface area contributed by atoms with Gasteiger partial charge in [0.25, 0.3) is 0 Å². The molecule has 0 saturated carbocycles. The predicted molar refractivity (Wildman–Crippen MR) is 75.8 cm³/mol. The summed E-state index contributed by atoms with van der Waals surface area (Å²) in [6, 6.07) is 9.31. The van der Waals surface area contributed by atoms with Crippen LogP contribution < -0.4 is 4.74 Å². The van der Waals surface area contributed by atoms with Crippen LogP contribution >= 0.6 is 23.2 Å². The van der Waals surface area contributed by atoms with Crippen molar-refractivity contribution < 1.29 is 14.2 Å². The second-order valence-corrected chi connectivity index (χ2v) is 5.62. The summed E-state index contributed by atoms with van der Waals surface area (Å²) in [6.07, 6.45) is -0.816. The highest BCUT2D eigenvalue weighted by atomic mass is 35.5. The Morgan fingerprint density at radius 2 is 1.90 bits per heavy atom. The molecular weight excluding hydrogens is 302 g/mol. The number of aliphatic hydroxyl groups excluding tert-OH is 1. The zero-order chi connectivity index (χ0) is 14.3. The zero-order valence-corrected chi connectivity index (χ0v) is 11.8. The lowest BCUT2D eigenvalue weighted by molar-refractivity contribution is 0.0656. The standard InChI is InChI=1S/C15H11Cl2FO2/c16-9-1-2-14-12(6-9)13(19)7-15(20-14)8-3-10(17)5-11(18)4-8/h1-6,13,15,19H,7H2/t13-,15?/m1/s1. The average molecular weight is 313 g/mol. The minimum Gasteiger partial charge on any atom is -0.485 e. The van der Waals surface area contributed by atoms with Crippen molar-refractivity contribution in [1.29, 1.82) is 0 Å². The van der Waals surface area contributed by atoms with Gasteiger partial charge in [0.15, 0.2) is 0 Å². The summed E-state index contributed by atoms with van der Waals surface area (Å²) in [7, 11) is 0. The molecule has 3 rings (SSSR count). The van der Waals surface area contributed by atoms with Gasteiger partial charge in [0.2, 0.25) is 0 Å². The van der Waals surface area contributed by atoms with Crippen molar-refractivity contribution in [3.8, 4) is 5.75 Å². The zero-order valence-electron chi connectivity index (χ0n) is 10.3. The number of fused-ring (bicyclic) bond motifs is 1. The first-order valence-corrected chi connectivity index (χ1v) is 6.88. The van der Waals surface area contributed by atoms with Crippen molar-refractivity contribution in [3.05, 3.63) is 63.4 Å². The lowest BCUT2D eigenvalue weighted by Crippen LogP contribution is -2.19. The van der Waals surface area contributed by atoms with Crippen LogP contribution in [0.25, 0.3) is 0 Å². The van der Waals surface area contributed by atoms with Gasteiger partial charge in [0, 0.05) is 22.0 Å². The van der Waals surface area contributed by atoms with Gasteiger partial charge in [-0.05, 0) is 42.0 Å². The number of hydrogen-bond acceptors (Lipinski definition) is 2. The number of hydrogen-bond donors (Lipinski definition) is 1. The van der Waals surface area contributed by atoms with Crippen LogP contribution in [0.2, 0.25) is 10.0 Å². The van der Waals surface area contributed by atoms with Gasteiger partial charge in [-0.3, -0.25) is 0 Å². The molecule has 0 saturated heterocycles. The van der Waals surface area contributed by atoms with Crippen molar-refractivity contribution in [2.45, 2.75) is 18.6 Å². The highest BCUT2D eigenvalue weighted by molar-refractivity contribution is 6.31. The molecule has 0 aromatic heterocycles. The molecule has 1 unspecified atom stereocenters. The third-order valence-corrected chi connectivity index (χ3v) is 3.75. The highest BCUT2D eigenvalue weighted by Crippen LogP contribution is 2.42. The van der Waals surface area contributed by atoms with Crippen LogP contribution in [0.15, 0.2) is 36.4 Å². The molecule has 1 aliphatic rings. The van der Waals surface area contributed by atoms with Gasteiger partial charge >= 0.3 is 0 Å². The Balaban J connectivity index is 1.96. The normalized spacial score (nSPS) is 21.2. The third-order valence-electron chi connectivity index (χ3n) is 3.29. The van der Waals surface area contributed by atoms with E-state index in [1.54, 1.807) is 24.3 Å². The van der Waals surface area contributed by atoms with Crippen LogP contribution in [-0.4, -0.2) is 5.11 Å². The molecule has 20 heavy (non-hydrogen) atoms. The third kappa shape index (κ3) is 2.62. The summed E-state index contributed by atoms with van der Waals surface area (Å²) in [5, 5.41) is 11.0. The van der Waals surface area contributed by atoms with Gasteiger partial charge in [-0.2, -0.15) is 0 Å². The second-order valence-electron chi connectivity index (χ2n) is 4.74. The van der Waals surface area contributed by atoms with Crippen molar-refractivity contribution in [2.75, 3.05) is 0 Å². The molecular formula is C15H11Cl2FO2. The average Bonchev–Trinajstić information content (AvgIpc) is 2.38. The molecule has 2 aromatic rings. The predicted octanol–water partition coefficient (Wildman–Crippen LogP) is 4.69. The summed E-state index contributed by atoms with van der Waals surface area (Å²) >= 11 is 11.8. The Morgan fingerprint density at radius 3 is 2.65 bits per heavy atom. The molecule has 1 aliphatic heterocycles. The molecule has 0 spiro atoms. The summed E-state index contributed by atoms with van der Waals surface area (Å²) < 4.78 is 19.2. The van der Waals surface area contributed by atoms with E-state index in [0.29, 0.717) is 33.3 Å². The fourth-order valence-corrected chi connectivity index (χ4v) is 2.79. The lowest BCUT2D eigenvalue weighted by atomic mass is 9.95. The molecule has 0 fully saturated rings. The Kier molecular flexibility index (Phi) is 3.59. The second kappa shape index (κ2) is 5.24. The minimum atomic E-state index is -0.704. The molecule has 2 nitrogen and oxygen atoms in total. The van der Waals surface area contributed by atoms with Crippen molar-refractivity contribution >= 4 is 23.2 Å². The van der Waals surface area contributed by atoms with Crippen LogP contribution in [0.5, 0.6) is 5.75 Å². The molecule has 0 amide bonds. The van der Waals surface area contributed by atoms with Gasteiger partial charge in [-0.1, -0.05) is 23.2 Å². The van der Waals surface area contributed by atoms with E-state index in [-0.39, 0.29) is 0 Å². The Bertz CT molecular complexity index is 640. The molecule has 1 heterocycles. The van der Waals surface area contributed by atoms with E-state index in [1.165, 1.54) is 12.1 Å². The Labute approximate surface area is 125 Å². The first kappa shape index (κ1) is 13.7. The number of halogens is 3.